The Labute approximate surface area is 91.3 Å². The molecule has 0 spiro atoms. The number of rotatable bonds is 2. The number of H-pyrrole nitrogens is 1. The smallest absolute Gasteiger partial charge is 0.244 e. The van der Waals surface area contributed by atoms with Crippen molar-refractivity contribution in [3.63, 3.8) is 0 Å². The van der Waals surface area contributed by atoms with Gasteiger partial charge in [-0.1, -0.05) is 0 Å². The molecular weight excluding hydrogens is 209 g/mol. The van der Waals surface area contributed by atoms with Crippen molar-refractivity contribution in [2.75, 3.05) is 0 Å². The van der Waals surface area contributed by atoms with Crippen LogP contribution in [-0.4, -0.2) is 14.6 Å². The fourth-order valence-electron chi connectivity index (χ4n) is 1.95. The van der Waals surface area contributed by atoms with Gasteiger partial charge in [0.2, 0.25) is 0 Å². The quantitative estimate of drug-likeness (QED) is 0.820. The fourth-order valence-corrected chi connectivity index (χ4v) is 1.95. The maximum absolute atomic E-state index is 13.2. The van der Waals surface area contributed by atoms with Gasteiger partial charge in [0.25, 0.3) is 0 Å². The molecule has 1 saturated carbocycles. The van der Waals surface area contributed by atoms with Gasteiger partial charge in [0.05, 0.1) is 5.69 Å². The van der Waals surface area contributed by atoms with Gasteiger partial charge in [-0.05, 0) is 42.5 Å². The zero-order valence-electron chi connectivity index (χ0n) is 8.90. The molecule has 1 aromatic carbocycles. The molecule has 84 valence electrons. The topological polar surface area (TPSA) is 42.7 Å². The molecule has 3 rings (SSSR count). The number of hydrogen-bond donors (Lipinski definition) is 1. The van der Waals surface area contributed by atoms with Gasteiger partial charge >= 0.3 is 5.69 Å². The Hall–Kier alpha value is -1.78. The lowest BCUT2D eigenvalue weighted by atomic mass is 10.1. The third kappa shape index (κ3) is 1.31. The maximum atomic E-state index is 13.2. The van der Waals surface area contributed by atoms with E-state index < -0.39 is 0 Å². The zero-order valence-corrected chi connectivity index (χ0v) is 8.90. The predicted molar refractivity (Wildman–Crippen MR) is 57.3 cm³/mol. The summed E-state index contributed by atoms with van der Waals surface area (Å²) in [4.78, 5) is 11.5. The van der Waals surface area contributed by atoms with Crippen LogP contribution < -0.4 is 5.69 Å². The van der Waals surface area contributed by atoms with E-state index in [9.17, 15) is 9.18 Å². The number of aryl methyl sites for hydroxylation is 1. The summed E-state index contributed by atoms with van der Waals surface area (Å²) in [5.41, 5.74) is 1.58. The van der Waals surface area contributed by atoms with Crippen LogP contribution in [0.15, 0.2) is 23.0 Å². The van der Waals surface area contributed by atoms with Crippen LogP contribution >= 0.6 is 0 Å². The number of nitrogens with one attached hydrogen (secondary N) is 1. The van der Waals surface area contributed by atoms with Crippen LogP contribution in [0.4, 0.5) is 4.39 Å². The zero-order chi connectivity index (χ0) is 11.3. The Bertz CT molecular complexity index is 589. The van der Waals surface area contributed by atoms with Crippen LogP contribution in [0.2, 0.25) is 0 Å². The second-order valence-electron chi connectivity index (χ2n) is 4.25. The van der Waals surface area contributed by atoms with Gasteiger partial charge in [0.15, 0.2) is 0 Å². The van der Waals surface area contributed by atoms with E-state index in [0.29, 0.717) is 5.92 Å². The first-order valence-corrected chi connectivity index (χ1v) is 5.30. The first-order chi connectivity index (χ1) is 7.66. The summed E-state index contributed by atoms with van der Waals surface area (Å²) in [5, 5.41) is 2.85. The van der Waals surface area contributed by atoms with Crippen LogP contribution in [0.1, 0.15) is 24.3 Å². The molecule has 1 N–H and O–H groups in total. The van der Waals surface area contributed by atoms with Crippen molar-refractivity contribution in [1.29, 1.82) is 0 Å². The monoisotopic (exact) mass is 221 g/mol. The molecule has 16 heavy (non-hydrogen) atoms. The van der Waals surface area contributed by atoms with E-state index in [0.717, 1.165) is 24.1 Å². The van der Waals surface area contributed by atoms with Gasteiger partial charge in [-0.3, -0.25) is 0 Å². The summed E-state index contributed by atoms with van der Waals surface area (Å²) >= 11 is 0. The van der Waals surface area contributed by atoms with E-state index in [2.05, 4.69) is 5.21 Å². The highest BCUT2D eigenvalue weighted by molar-refractivity contribution is 5.44. The van der Waals surface area contributed by atoms with Crippen molar-refractivity contribution in [1.82, 2.24) is 14.6 Å². The lowest BCUT2D eigenvalue weighted by molar-refractivity contribution is 0.463. The van der Waals surface area contributed by atoms with Crippen LogP contribution in [-0.2, 0) is 7.05 Å². The fraction of sp³-hybridized carbons (Fsp3) is 0.364. The Morgan fingerprint density at radius 1 is 1.44 bits per heavy atom. The molecule has 2 aromatic rings. The van der Waals surface area contributed by atoms with Crippen LogP contribution in [0, 0.1) is 5.82 Å². The number of aromatic nitrogens is 3. The van der Waals surface area contributed by atoms with Gasteiger partial charge in [-0.25, -0.2) is 19.1 Å². The molecule has 1 fully saturated rings. The van der Waals surface area contributed by atoms with E-state index in [4.69, 9.17) is 0 Å². The highest BCUT2D eigenvalue weighted by Crippen LogP contribution is 2.42. The molecule has 1 aliphatic rings. The molecular formula is C11H12FN3O. The van der Waals surface area contributed by atoms with Gasteiger partial charge in [0.1, 0.15) is 5.82 Å². The minimum Gasteiger partial charge on any atom is -0.244 e. The standard InChI is InChI=1S/C11H12FN3O/c1-14-11(16)15(13-14)10-5-4-8(12)6-9(10)7-2-3-7/h4-7,13H,2-3H2,1H3. The molecule has 0 unspecified atom stereocenters. The SMILES string of the molecule is Cn1[nH]n(-c2ccc(F)cc2C2CC2)c1=O. The van der Waals surface area contributed by atoms with Crippen molar-refractivity contribution in [2.24, 2.45) is 7.05 Å². The Kier molecular flexibility index (Phi) is 1.83. The summed E-state index contributed by atoms with van der Waals surface area (Å²) in [6, 6.07) is 4.57. The molecule has 0 atom stereocenters. The molecule has 0 radical (unpaired) electrons. The first-order valence-electron chi connectivity index (χ1n) is 5.30. The van der Waals surface area contributed by atoms with Gasteiger partial charge in [0, 0.05) is 7.05 Å². The normalized spacial score (nSPS) is 15.6. The lowest BCUT2D eigenvalue weighted by Crippen LogP contribution is -2.40. The van der Waals surface area contributed by atoms with Crippen molar-refractivity contribution < 1.29 is 4.39 Å². The third-order valence-corrected chi connectivity index (χ3v) is 2.98. The molecule has 0 amide bonds. The second-order valence-corrected chi connectivity index (χ2v) is 4.25. The number of hydrogen-bond acceptors (Lipinski definition) is 1. The first kappa shape index (κ1) is 9.45. The van der Waals surface area contributed by atoms with E-state index in [1.54, 1.807) is 13.1 Å². The van der Waals surface area contributed by atoms with Crippen molar-refractivity contribution in [2.45, 2.75) is 18.8 Å². The maximum Gasteiger partial charge on any atom is 0.364 e. The molecule has 0 bridgehead atoms. The minimum atomic E-state index is -0.244. The summed E-state index contributed by atoms with van der Waals surface area (Å²) in [7, 11) is 1.65. The molecule has 1 aromatic heterocycles. The van der Waals surface area contributed by atoms with E-state index in [-0.39, 0.29) is 11.5 Å². The summed E-state index contributed by atoms with van der Waals surface area (Å²) in [6.45, 7) is 0. The highest BCUT2D eigenvalue weighted by atomic mass is 19.1. The van der Waals surface area contributed by atoms with Crippen molar-refractivity contribution >= 4 is 0 Å². The second kappa shape index (κ2) is 3.10. The molecule has 1 aliphatic carbocycles. The summed E-state index contributed by atoms with van der Waals surface area (Å²) < 4.78 is 16.0. The predicted octanol–water partition coefficient (Wildman–Crippen LogP) is 1.52. The Morgan fingerprint density at radius 2 is 2.19 bits per heavy atom. The molecule has 5 heteroatoms. The Morgan fingerprint density at radius 3 is 2.75 bits per heavy atom. The van der Waals surface area contributed by atoms with E-state index in [1.807, 2.05) is 0 Å². The summed E-state index contributed by atoms with van der Waals surface area (Å²) in [6.07, 6.45) is 2.16. The number of nitrogens with zero attached hydrogens (tertiary/aromatic N) is 2. The molecule has 0 aliphatic heterocycles. The molecule has 1 heterocycles. The van der Waals surface area contributed by atoms with Crippen molar-refractivity contribution in [3.05, 3.63) is 40.1 Å². The number of benzene rings is 1. The Balaban J connectivity index is 2.14. The van der Waals surface area contributed by atoms with Crippen LogP contribution in [0.25, 0.3) is 5.69 Å². The van der Waals surface area contributed by atoms with Gasteiger partial charge < -0.3 is 0 Å². The van der Waals surface area contributed by atoms with Crippen molar-refractivity contribution in [3.8, 4) is 5.69 Å². The molecule has 4 nitrogen and oxygen atoms in total. The summed E-state index contributed by atoms with van der Waals surface area (Å²) in [5.74, 6) is 0.165. The van der Waals surface area contributed by atoms with Gasteiger partial charge in [-0.15, -0.1) is 0 Å². The average Bonchev–Trinajstić information content (AvgIpc) is 3.10. The number of halogens is 1. The van der Waals surface area contributed by atoms with Gasteiger partial charge in [-0.2, -0.15) is 4.68 Å². The minimum absolute atomic E-state index is 0.117. The van der Waals surface area contributed by atoms with Crippen LogP contribution in [0.5, 0.6) is 0 Å². The average molecular weight is 221 g/mol. The lowest BCUT2D eigenvalue weighted by Gasteiger charge is -2.16. The van der Waals surface area contributed by atoms with E-state index >= 15 is 0 Å². The highest BCUT2D eigenvalue weighted by Gasteiger charge is 2.28. The molecule has 0 saturated heterocycles. The van der Waals surface area contributed by atoms with E-state index in [1.165, 1.54) is 21.5 Å². The number of aromatic amines is 1. The third-order valence-electron chi connectivity index (χ3n) is 2.98. The largest absolute Gasteiger partial charge is 0.364 e. The van der Waals surface area contributed by atoms with Crippen LogP contribution in [0.3, 0.4) is 0 Å².